The van der Waals surface area contributed by atoms with Gasteiger partial charge in [-0.05, 0) is 61.0 Å². The third kappa shape index (κ3) is 5.45. The van der Waals surface area contributed by atoms with Crippen molar-refractivity contribution in [3.63, 3.8) is 0 Å². The van der Waals surface area contributed by atoms with Crippen molar-refractivity contribution < 1.29 is 27.2 Å². The van der Waals surface area contributed by atoms with E-state index in [9.17, 15) is 22.8 Å². The fourth-order valence-corrected chi connectivity index (χ4v) is 3.53. The first-order valence-corrected chi connectivity index (χ1v) is 10.7. The predicted molar refractivity (Wildman–Crippen MR) is 124 cm³/mol. The Hall–Kier alpha value is -4.41. The van der Waals surface area contributed by atoms with Crippen LogP contribution in [0, 0.1) is 6.92 Å². The maximum Gasteiger partial charge on any atom is 0.573 e. The van der Waals surface area contributed by atoms with Gasteiger partial charge in [0.25, 0.3) is 17.4 Å². The SMILES string of the molecule is Cc1ccc(-c2nc(-c3ccc(OC(F)(F)F)cc3)no2)c(=O)n1Cc1cccc(C(=O)N(C)C)c1. The highest BCUT2D eigenvalue weighted by Gasteiger charge is 2.31. The summed E-state index contributed by atoms with van der Waals surface area (Å²) in [5.41, 5.74) is 2.13. The summed E-state index contributed by atoms with van der Waals surface area (Å²) >= 11 is 0. The molecule has 0 atom stereocenters. The molecule has 0 aliphatic rings. The van der Waals surface area contributed by atoms with Gasteiger partial charge in [-0.15, -0.1) is 13.2 Å². The molecule has 0 N–H and O–H groups in total. The Morgan fingerprint density at radius 2 is 1.81 bits per heavy atom. The molecule has 0 spiro atoms. The predicted octanol–water partition coefficient (Wildman–Crippen LogP) is 4.52. The zero-order valence-electron chi connectivity index (χ0n) is 19.5. The van der Waals surface area contributed by atoms with Crippen molar-refractivity contribution in [2.24, 2.45) is 0 Å². The molecule has 0 aliphatic carbocycles. The van der Waals surface area contributed by atoms with Gasteiger partial charge in [0.15, 0.2) is 0 Å². The normalized spacial score (nSPS) is 11.4. The minimum atomic E-state index is -4.80. The van der Waals surface area contributed by atoms with Gasteiger partial charge in [0, 0.05) is 30.9 Å². The first kappa shape index (κ1) is 24.7. The second-order valence-electron chi connectivity index (χ2n) is 8.17. The van der Waals surface area contributed by atoms with Crippen molar-refractivity contribution in [1.29, 1.82) is 0 Å². The molecule has 4 aromatic rings. The molecule has 4 rings (SSSR count). The average molecular weight is 498 g/mol. The second-order valence-corrected chi connectivity index (χ2v) is 8.17. The van der Waals surface area contributed by atoms with Crippen molar-refractivity contribution in [3.05, 3.63) is 87.8 Å². The molecular formula is C25H21F3N4O4. The Morgan fingerprint density at radius 3 is 2.47 bits per heavy atom. The van der Waals surface area contributed by atoms with Gasteiger partial charge in [0.1, 0.15) is 11.3 Å². The molecule has 11 heteroatoms. The smallest absolute Gasteiger partial charge is 0.406 e. The minimum Gasteiger partial charge on any atom is -0.406 e. The van der Waals surface area contributed by atoms with Crippen LogP contribution < -0.4 is 10.3 Å². The lowest BCUT2D eigenvalue weighted by Gasteiger charge is -2.13. The number of hydrogen-bond donors (Lipinski definition) is 0. The molecule has 0 fully saturated rings. The number of pyridine rings is 1. The Morgan fingerprint density at radius 1 is 1.08 bits per heavy atom. The van der Waals surface area contributed by atoms with E-state index in [-0.39, 0.29) is 41.0 Å². The van der Waals surface area contributed by atoms with Gasteiger partial charge >= 0.3 is 6.36 Å². The number of nitrogens with zero attached hydrogens (tertiary/aromatic N) is 4. The van der Waals surface area contributed by atoms with Crippen LogP contribution in [0.25, 0.3) is 22.8 Å². The number of aromatic nitrogens is 3. The first-order valence-electron chi connectivity index (χ1n) is 10.7. The van der Waals surface area contributed by atoms with E-state index in [0.29, 0.717) is 16.8 Å². The number of rotatable bonds is 6. The van der Waals surface area contributed by atoms with E-state index in [1.165, 1.54) is 21.6 Å². The summed E-state index contributed by atoms with van der Waals surface area (Å²) in [7, 11) is 3.33. The van der Waals surface area contributed by atoms with Crippen LogP contribution in [0.3, 0.4) is 0 Å². The van der Waals surface area contributed by atoms with E-state index < -0.39 is 6.36 Å². The second kappa shape index (κ2) is 9.68. The van der Waals surface area contributed by atoms with Crippen molar-refractivity contribution in [2.45, 2.75) is 19.8 Å². The van der Waals surface area contributed by atoms with Crippen molar-refractivity contribution in [1.82, 2.24) is 19.6 Å². The largest absolute Gasteiger partial charge is 0.573 e. The summed E-state index contributed by atoms with van der Waals surface area (Å²) in [6.45, 7) is 2.00. The topological polar surface area (TPSA) is 90.5 Å². The lowest BCUT2D eigenvalue weighted by molar-refractivity contribution is -0.274. The van der Waals surface area contributed by atoms with Gasteiger partial charge in [-0.1, -0.05) is 17.3 Å². The lowest BCUT2D eigenvalue weighted by Crippen LogP contribution is -2.25. The molecule has 2 aromatic heterocycles. The number of amides is 1. The molecular weight excluding hydrogens is 477 g/mol. The summed E-state index contributed by atoms with van der Waals surface area (Å²) in [5.74, 6) is -0.459. The molecule has 0 aliphatic heterocycles. The van der Waals surface area contributed by atoms with Crippen LogP contribution in [0.4, 0.5) is 13.2 Å². The third-order valence-electron chi connectivity index (χ3n) is 5.32. The van der Waals surface area contributed by atoms with Crippen LogP contribution >= 0.6 is 0 Å². The summed E-state index contributed by atoms with van der Waals surface area (Å²) in [6.07, 6.45) is -4.80. The number of carbonyl (C=O) groups is 1. The van der Waals surface area contributed by atoms with E-state index in [1.807, 2.05) is 6.07 Å². The van der Waals surface area contributed by atoms with E-state index in [2.05, 4.69) is 14.9 Å². The van der Waals surface area contributed by atoms with Gasteiger partial charge in [0.2, 0.25) is 5.82 Å². The molecule has 2 heterocycles. The lowest BCUT2D eigenvalue weighted by atomic mass is 10.1. The fourth-order valence-electron chi connectivity index (χ4n) is 3.53. The minimum absolute atomic E-state index is 0.0316. The van der Waals surface area contributed by atoms with Crippen LogP contribution in [0.1, 0.15) is 21.6 Å². The average Bonchev–Trinajstić information content (AvgIpc) is 3.31. The number of halogens is 3. The third-order valence-corrected chi connectivity index (χ3v) is 5.32. The van der Waals surface area contributed by atoms with E-state index in [4.69, 9.17) is 4.52 Å². The highest BCUT2D eigenvalue weighted by molar-refractivity contribution is 5.94. The van der Waals surface area contributed by atoms with Gasteiger partial charge < -0.3 is 18.7 Å². The van der Waals surface area contributed by atoms with Crippen LogP contribution in [0.15, 0.2) is 70.0 Å². The highest BCUT2D eigenvalue weighted by atomic mass is 19.4. The number of ether oxygens (including phenoxy) is 1. The molecule has 1 amide bonds. The van der Waals surface area contributed by atoms with Crippen molar-refractivity contribution in [2.75, 3.05) is 14.1 Å². The highest BCUT2D eigenvalue weighted by Crippen LogP contribution is 2.26. The van der Waals surface area contributed by atoms with Crippen LogP contribution in [-0.2, 0) is 6.54 Å². The summed E-state index contributed by atoms with van der Waals surface area (Å²) in [5, 5.41) is 3.85. The Bertz CT molecular complexity index is 1460. The van der Waals surface area contributed by atoms with Gasteiger partial charge in [-0.3, -0.25) is 9.59 Å². The van der Waals surface area contributed by atoms with Crippen LogP contribution in [-0.4, -0.2) is 46.0 Å². The first-order chi connectivity index (χ1) is 17.0. The maximum atomic E-state index is 13.3. The number of carbonyl (C=O) groups excluding carboxylic acids is 1. The molecule has 0 radical (unpaired) electrons. The molecule has 186 valence electrons. The Labute approximate surface area is 203 Å². The van der Waals surface area contributed by atoms with Gasteiger partial charge in [-0.2, -0.15) is 4.98 Å². The molecule has 0 bridgehead atoms. The number of aryl methyl sites for hydroxylation is 1. The maximum absolute atomic E-state index is 13.3. The summed E-state index contributed by atoms with van der Waals surface area (Å²) in [4.78, 5) is 31.3. The number of benzene rings is 2. The molecule has 2 aromatic carbocycles. The Kier molecular flexibility index (Phi) is 6.65. The molecule has 8 nitrogen and oxygen atoms in total. The zero-order valence-corrected chi connectivity index (χ0v) is 19.5. The number of alkyl halides is 3. The summed E-state index contributed by atoms with van der Waals surface area (Å²) < 4.78 is 47.8. The molecule has 0 saturated carbocycles. The van der Waals surface area contributed by atoms with E-state index in [0.717, 1.165) is 17.7 Å². The van der Waals surface area contributed by atoms with Crippen molar-refractivity contribution in [3.8, 4) is 28.6 Å². The van der Waals surface area contributed by atoms with Gasteiger partial charge in [-0.25, -0.2) is 0 Å². The fraction of sp³-hybridized carbons (Fsp3) is 0.200. The van der Waals surface area contributed by atoms with E-state index >= 15 is 0 Å². The Balaban J connectivity index is 1.61. The zero-order chi connectivity index (χ0) is 26.0. The standard InChI is InChI=1S/C25H21F3N4O4/c1-15-7-12-20(24(34)32(15)14-16-5-4-6-18(13-16)23(33)31(2)3)22-29-21(30-36-22)17-8-10-19(11-9-17)35-25(26,27)28/h4-13H,14H2,1-3H3. The van der Waals surface area contributed by atoms with Gasteiger partial charge in [0.05, 0.1) is 6.54 Å². The molecule has 0 saturated heterocycles. The summed E-state index contributed by atoms with van der Waals surface area (Å²) in [6, 6.07) is 15.3. The van der Waals surface area contributed by atoms with E-state index in [1.54, 1.807) is 51.4 Å². The number of hydrogen-bond acceptors (Lipinski definition) is 6. The van der Waals surface area contributed by atoms with Crippen molar-refractivity contribution >= 4 is 5.91 Å². The van der Waals surface area contributed by atoms with Crippen LogP contribution in [0.2, 0.25) is 0 Å². The molecule has 0 unspecified atom stereocenters. The quantitative estimate of drug-likeness (QED) is 0.388. The van der Waals surface area contributed by atoms with Crippen LogP contribution in [0.5, 0.6) is 5.75 Å². The monoisotopic (exact) mass is 498 g/mol. The molecule has 36 heavy (non-hydrogen) atoms.